The summed E-state index contributed by atoms with van der Waals surface area (Å²) in [6, 6.07) is 0. The highest BCUT2D eigenvalue weighted by atomic mass is 16.8. The molecular weight excluding hydrogens is 236 g/mol. The van der Waals surface area contributed by atoms with Crippen LogP contribution in [0.3, 0.4) is 0 Å². The molecule has 0 aromatic carbocycles. The van der Waals surface area contributed by atoms with Crippen molar-refractivity contribution in [2.45, 2.75) is 38.5 Å². The Labute approximate surface area is 107 Å². The lowest BCUT2D eigenvalue weighted by Crippen LogP contribution is -2.39. The Balaban J connectivity index is 1.71. The van der Waals surface area contributed by atoms with Crippen molar-refractivity contribution < 1.29 is 19.3 Å². The largest absolute Gasteiger partial charge is 0.438 e. The van der Waals surface area contributed by atoms with Gasteiger partial charge < -0.3 is 9.68 Å². The maximum Gasteiger partial charge on any atom is 0.438 e. The summed E-state index contributed by atoms with van der Waals surface area (Å²) in [5.74, 6) is -1.83. The number of carbonyl (C=O) groups is 2. The Hall–Kier alpha value is -1.14. The first-order chi connectivity index (χ1) is 8.75. The van der Waals surface area contributed by atoms with E-state index >= 15 is 0 Å². The highest BCUT2D eigenvalue weighted by Gasteiger charge is 2.26. The number of piperidine rings is 2. The third kappa shape index (κ3) is 3.96. The molecule has 2 aliphatic heterocycles. The van der Waals surface area contributed by atoms with Gasteiger partial charge in [-0.15, -0.1) is 10.1 Å². The van der Waals surface area contributed by atoms with Crippen LogP contribution in [-0.4, -0.2) is 48.2 Å². The van der Waals surface area contributed by atoms with Gasteiger partial charge in [-0.2, -0.15) is 0 Å². The summed E-state index contributed by atoms with van der Waals surface area (Å²) in [6.07, 6.45) is 6.27. The van der Waals surface area contributed by atoms with E-state index in [0.717, 1.165) is 38.5 Å². The molecule has 0 amide bonds. The van der Waals surface area contributed by atoms with E-state index in [0.29, 0.717) is 26.2 Å². The zero-order chi connectivity index (χ0) is 12.8. The van der Waals surface area contributed by atoms with Crippen molar-refractivity contribution in [1.82, 2.24) is 10.1 Å². The third-order valence-corrected chi connectivity index (χ3v) is 3.22. The number of rotatable bonds is 2. The van der Waals surface area contributed by atoms with Crippen molar-refractivity contribution in [2.24, 2.45) is 0 Å². The zero-order valence-electron chi connectivity index (χ0n) is 10.6. The van der Waals surface area contributed by atoms with E-state index in [-0.39, 0.29) is 0 Å². The van der Waals surface area contributed by atoms with Gasteiger partial charge in [-0.1, -0.05) is 12.8 Å². The summed E-state index contributed by atoms with van der Waals surface area (Å²) in [4.78, 5) is 33.0. The smallest absolute Gasteiger partial charge is 0.359 e. The molecule has 18 heavy (non-hydrogen) atoms. The molecule has 0 N–H and O–H groups in total. The Kier molecular flexibility index (Phi) is 4.95. The van der Waals surface area contributed by atoms with Gasteiger partial charge in [-0.05, 0) is 25.7 Å². The van der Waals surface area contributed by atoms with Gasteiger partial charge in [0.2, 0.25) is 0 Å². The molecule has 0 unspecified atom stereocenters. The maximum absolute atomic E-state index is 11.5. The molecule has 6 heteroatoms. The topological polar surface area (TPSA) is 59.1 Å². The normalized spacial score (nSPS) is 22.4. The van der Waals surface area contributed by atoms with Crippen LogP contribution in [0.5, 0.6) is 0 Å². The molecule has 0 radical (unpaired) electrons. The standard InChI is InChI=1S/C12H20N2O4/c15-11(17-13-7-3-1-4-8-13)12(16)18-14-9-5-2-6-10-14/h1-10H2. The average Bonchev–Trinajstić information content (AvgIpc) is 2.41. The molecule has 0 aromatic rings. The van der Waals surface area contributed by atoms with Crippen molar-refractivity contribution in [3.63, 3.8) is 0 Å². The van der Waals surface area contributed by atoms with Crippen LogP contribution >= 0.6 is 0 Å². The first kappa shape index (κ1) is 13.3. The fraction of sp³-hybridized carbons (Fsp3) is 0.833. The van der Waals surface area contributed by atoms with Crippen molar-refractivity contribution in [3.8, 4) is 0 Å². The maximum atomic E-state index is 11.5. The third-order valence-electron chi connectivity index (χ3n) is 3.22. The lowest BCUT2D eigenvalue weighted by Gasteiger charge is -2.26. The summed E-state index contributed by atoms with van der Waals surface area (Å²) in [7, 11) is 0. The molecule has 0 aliphatic carbocycles. The van der Waals surface area contributed by atoms with Crippen LogP contribution < -0.4 is 0 Å². The van der Waals surface area contributed by atoms with Crippen molar-refractivity contribution in [1.29, 1.82) is 0 Å². The zero-order valence-corrected chi connectivity index (χ0v) is 10.6. The molecule has 0 atom stereocenters. The van der Waals surface area contributed by atoms with E-state index in [1.54, 1.807) is 10.1 Å². The van der Waals surface area contributed by atoms with Gasteiger partial charge in [0.15, 0.2) is 0 Å². The van der Waals surface area contributed by atoms with Gasteiger partial charge in [0.1, 0.15) is 0 Å². The van der Waals surface area contributed by atoms with Crippen LogP contribution in [0.4, 0.5) is 0 Å². The minimum absolute atomic E-state index is 0.697. The molecule has 102 valence electrons. The molecule has 2 aliphatic rings. The van der Waals surface area contributed by atoms with Crippen LogP contribution in [-0.2, 0) is 19.3 Å². The van der Waals surface area contributed by atoms with Gasteiger partial charge in [-0.25, -0.2) is 9.59 Å². The van der Waals surface area contributed by atoms with E-state index in [2.05, 4.69) is 0 Å². The molecule has 0 spiro atoms. The van der Waals surface area contributed by atoms with Gasteiger partial charge in [-0.3, -0.25) is 0 Å². The second-order valence-corrected chi connectivity index (χ2v) is 4.74. The molecule has 0 bridgehead atoms. The molecule has 0 saturated carbocycles. The number of carbonyl (C=O) groups excluding carboxylic acids is 2. The predicted octanol–water partition coefficient (Wildman–Crippen LogP) is 0.875. The fourth-order valence-electron chi connectivity index (χ4n) is 2.22. The SMILES string of the molecule is O=C(ON1CCCCC1)C(=O)ON1CCCCC1. The summed E-state index contributed by atoms with van der Waals surface area (Å²) < 4.78 is 0. The predicted molar refractivity (Wildman–Crippen MR) is 63.0 cm³/mol. The van der Waals surface area contributed by atoms with E-state index in [1.165, 1.54) is 0 Å². The van der Waals surface area contributed by atoms with Crippen LogP contribution in [0.1, 0.15) is 38.5 Å². The monoisotopic (exact) mass is 256 g/mol. The first-order valence-electron chi connectivity index (χ1n) is 6.70. The van der Waals surface area contributed by atoms with Crippen LogP contribution in [0.2, 0.25) is 0 Å². The first-order valence-corrected chi connectivity index (χ1v) is 6.70. The van der Waals surface area contributed by atoms with Gasteiger partial charge in [0.05, 0.1) is 0 Å². The second kappa shape index (κ2) is 6.70. The van der Waals surface area contributed by atoms with Crippen molar-refractivity contribution in [2.75, 3.05) is 26.2 Å². The Morgan fingerprint density at radius 2 is 0.944 bits per heavy atom. The Morgan fingerprint density at radius 3 is 1.28 bits per heavy atom. The Morgan fingerprint density at radius 1 is 0.611 bits per heavy atom. The molecule has 2 heterocycles. The highest BCUT2D eigenvalue weighted by molar-refractivity contribution is 6.29. The minimum Gasteiger partial charge on any atom is -0.359 e. The summed E-state index contributed by atoms with van der Waals surface area (Å²) in [6.45, 7) is 2.79. The van der Waals surface area contributed by atoms with Crippen LogP contribution in [0, 0.1) is 0 Å². The average molecular weight is 256 g/mol. The van der Waals surface area contributed by atoms with Crippen LogP contribution in [0.25, 0.3) is 0 Å². The molecule has 2 fully saturated rings. The summed E-state index contributed by atoms with van der Waals surface area (Å²) in [5.41, 5.74) is 0. The van der Waals surface area contributed by atoms with Gasteiger partial charge >= 0.3 is 11.9 Å². The quantitative estimate of drug-likeness (QED) is 0.683. The highest BCUT2D eigenvalue weighted by Crippen LogP contribution is 2.11. The summed E-state index contributed by atoms with van der Waals surface area (Å²) >= 11 is 0. The number of hydroxylamine groups is 4. The molecule has 6 nitrogen and oxygen atoms in total. The number of nitrogens with zero attached hydrogens (tertiary/aromatic N) is 2. The Bertz CT molecular complexity index is 266. The lowest BCUT2D eigenvalue weighted by molar-refractivity contribution is -0.221. The van der Waals surface area contributed by atoms with E-state index in [4.69, 9.17) is 9.68 Å². The molecule has 2 rings (SSSR count). The van der Waals surface area contributed by atoms with Gasteiger partial charge in [0.25, 0.3) is 0 Å². The van der Waals surface area contributed by atoms with Crippen molar-refractivity contribution in [3.05, 3.63) is 0 Å². The van der Waals surface area contributed by atoms with Crippen molar-refractivity contribution >= 4 is 11.9 Å². The van der Waals surface area contributed by atoms with Gasteiger partial charge in [0, 0.05) is 26.2 Å². The van der Waals surface area contributed by atoms with E-state index < -0.39 is 11.9 Å². The molecule has 0 aromatic heterocycles. The number of hydrogen-bond donors (Lipinski definition) is 0. The second-order valence-electron chi connectivity index (χ2n) is 4.74. The molecular formula is C12H20N2O4. The number of hydrogen-bond acceptors (Lipinski definition) is 6. The van der Waals surface area contributed by atoms with E-state index in [1.807, 2.05) is 0 Å². The lowest BCUT2D eigenvalue weighted by atomic mass is 10.2. The van der Waals surface area contributed by atoms with Crippen LogP contribution in [0.15, 0.2) is 0 Å². The van der Waals surface area contributed by atoms with E-state index in [9.17, 15) is 9.59 Å². The fourth-order valence-corrected chi connectivity index (χ4v) is 2.22. The molecule has 2 saturated heterocycles. The minimum atomic E-state index is -0.914. The summed E-state index contributed by atoms with van der Waals surface area (Å²) in [5, 5.41) is 3.09.